The Balaban J connectivity index is 1.66. The molecular weight excluding hydrogens is 312 g/mol. The van der Waals surface area contributed by atoms with E-state index in [0.29, 0.717) is 13.0 Å². The molecule has 0 unspecified atom stereocenters. The minimum atomic E-state index is -0.183. The molecule has 3 amide bonds. The lowest BCUT2D eigenvalue weighted by Gasteiger charge is -2.17. The summed E-state index contributed by atoms with van der Waals surface area (Å²) < 4.78 is 0. The van der Waals surface area contributed by atoms with Crippen LogP contribution in [-0.4, -0.2) is 28.9 Å². The molecule has 0 saturated heterocycles. The zero-order chi connectivity index (χ0) is 16.2. The third-order valence-corrected chi connectivity index (χ3v) is 4.45. The Labute approximate surface area is 138 Å². The number of nitrogens with one attached hydrogen (secondary N) is 2. The van der Waals surface area contributed by atoms with Crippen LogP contribution in [0.25, 0.3) is 0 Å². The van der Waals surface area contributed by atoms with Gasteiger partial charge in [0.05, 0.1) is 6.54 Å². The fourth-order valence-corrected chi connectivity index (χ4v) is 3.15. The second-order valence-electron chi connectivity index (χ2n) is 5.49. The van der Waals surface area contributed by atoms with Gasteiger partial charge < -0.3 is 15.5 Å². The summed E-state index contributed by atoms with van der Waals surface area (Å²) in [5.41, 5.74) is 2.62. The first-order chi connectivity index (χ1) is 11.1. The van der Waals surface area contributed by atoms with Crippen LogP contribution in [0.3, 0.4) is 0 Å². The topological polar surface area (TPSA) is 74.3 Å². The molecule has 2 N–H and O–H groups in total. The van der Waals surface area contributed by atoms with Crippen LogP contribution in [0.4, 0.5) is 16.2 Å². The number of carbonyl (C=O) groups is 2. The van der Waals surface area contributed by atoms with E-state index in [1.165, 1.54) is 11.3 Å². The third-order valence-electron chi connectivity index (χ3n) is 3.68. The molecule has 0 saturated carbocycles. The van der Waals surface area contributed by atoms with E-state index >= 15 is 0 Å². The number of aromatic nitrogens is 1. The predicted molar refractivity (Wildman–Crippen MR) is 90.6 cm³/mol. The number of nitrogens with zero attached hydrogens (tertiary/aromatic N) is 2. The zero-order valence-electron chi connectivity index (χ0n) is 12.8. The van der Waals surface area contributed by atoms with Crippen molar-refractivity contribution in [2.24, 2.45) is 0 Å². The number of hydrogen-bond acceptors (Lipinski definition) is 4. The fourth-order valence-electron chi connectivity index (χ4n) is 2.48. The number of urea groups is 1. The molecule has 0 bridgehead atoms. The number of anilines is 2. The predicted octanol–water partition coefficient (Wildman–Crippen LogP) is 3.08. The Morgan fingerprint density at radius 2 is 2.30 bits per heavy atom. The summed E-state index contributed by atoms with van der Waals surface area (Å²) in [5, 5.41) is 8.56. The van der Waals surface area contributed by atoms with E-state index in [-0.39, 0.29) is 11.9 Å². The van der Waals surface area contributed by atoms with Crippen LogP contribution in [0, 0.1) is 0 Å². The molecule has 120 valence electrons. The fraction of sp³-hybridized carbons (Fsp3) is 0.312. The largest absolute Gasteiger partial charge is 0.326 e. The molecule has 1 aliphatic heterocycles. The van der Waals surface area contributed by atoms with Crippen LogP contribution in [-0.2, 0) is 17.8 Å². The SMILES string of the molecule is CN(Cc1nccs1)C(=O)Nc1ccc2c(c1)CCCC(=O)N2. The van der Waals surface area contributed by atoms with Gasteiger partial charge in [-0.15, -0.1) is 11.3 Å². The number of rotatable bonds is 3. The Hall–Kier alpha value is -2.41. The van der Waals surface area contributed by atoms with Gasteiger partial charge in [-0.2, -0.15) is 0 Å². The number of aryl methyl sites for hydroxylation is 1. The quantitative estimate of drug-likeness (QED) is 0.908. The van der Waals surface area contributed by atoms with Gasteiger partial charge in [-0.3, -0.25) is 4.79 Å². The maximum absolute atomic E-state index is 12.2. The first-order valence-electron chi connectivity index (χ1n) is 7.45. The highest BCUT2D eigenvalue weighted by Gasteiger charge is 2.15. The van der Waals surface area contributed by atoms with E-state index in [9.17, 15) is 9.59 Å². The Kier molecular flexibility index (Phi) is 4.57. The molecule has 3 rings (SSSR count). The van der Waals surface area contributed by atoms with Gasteiger partial charge in [-0.1, -0.05) is 0 Å². The highest BCUT2D eigenvalue weighted by molar-refractivity contribution is 7.09. The van der Waals surface area contributed by atoms with Crippen molar-refractivity contribution in [1.29, 1.82) is 0 Å². The van der Waals surface area contributed by atoms with Crippen LogP contribution in [0.1, 0.15) is 23.4 Å². The minimum Gasteiger partial charge on any atom is -0.326 e. The van der Waals surface area contributed by atoms with Crippen LogP contribution < -0.4 is 10.6 Å². The van der Waals surface area contributed by atoms with Gasteiger partial charge in [0.15, 0.2) is 0 Å². The van der Waals surface area contributed by atoms with Crippen LogP contribution in [0.15, 0.2) is 29.8 Å². The van der Waals surface area contributed by atoms with Crippen molar-refractivity contribution in [2.45, 2.75) is 25.8 Å². The molecule has 1 aromatic heterocycles. The molecule has 0 atom stereocenters. The van der Waals surface area contributed by atoms with Crippen molar-refractivity contribution in [3.8, 4) is 0 Å². The molecule has 1 aromatic carbocycles. The maximum Gasteiger partial charge on any atom is 0.321 e. The Morgan fingerprint density at radius 3 is 3.09 bits per heavy atom. The van der Waals surface area contributed by atoms with Crippen molar-refractivity contribution >= 4 is 34.6 Å². The van der Waals surface area contributed by atoms with Gasteiger partial charge in [-0.05, 0) is 36.6 Å². The monoisotopic (exact) mass is 330 g/mol. The van der Waals surface area contributed by atoms with E-state index < -0.39 is 0 Å². The summed E-state index contributed by atoms with van der Waals surface area (Å²) in [6.07, 6.45) is 3.91. The molecule has 23 heavy (non-hydrogen) atoms. The van der Waals surface area contributed by atoms with E-state index in [1.807, 2.05) is 17.5 Å². The average molecular weight is 330 g/mol. The van der Waals surface area contributed by atoms with Crippen molar-refractivity contribution in [1.82, 2.24) is 9.88 Å². The van der Waals surface area contributed by atoms with Gasteiger partial charge in [-0.25, -0.2) is 9.78 Å². The van der Waals surface area contributed by atoms with E-state index in [1.54, 1.807) is 24.2 Å². The Bertz CT molecular complexity index is 715. The second-order valence-corrected chi connectivity index (χ2v) is 6.46. The van der Waals surface area contributed by atoms with Crippen molar-refractivity contribution in [3.63, 3.8) is 0 Å². The van der Waals surface area contributed by atoms with Gasteiger partial charge in [0.2, 0.25) is 5.91 Å². The summed E-state index contributed by atoms with van der Waals surface area (Å²) >= 11 is 1.52. The number of amides is 3. The molecular formula is C16H18N4O2S. The zero-order valence-corrected chi connectivity index (χ0v) is 13.7. The first-order valence-corrected chi connectivity index (χ1v) is 8.33. The minimum absolute atomic E-state index is 0.0451. The number of hydrogen-bond donors (Lipinski definition) is 2. The lowest BCUT2D eigenvalue weighted by Crippen LogP contribution is -2.30. The smallest absolute Gasteiger partial charge is 0.321 e. The third kappa shape index (κ3) is 3.87. The maximum atomic E-state index is 12.2. The van der Waals surface area contributed by atoms with Crippen LogP contribution in [0.2, 0.25) is 0 Å². The van der Waals surface area contributed by atoms with Gasteiger partial charge in [0, 0.05) is 36.4 Å². The number of carbonyl (C=O) groups excluding carboxylic acids is 2. The van der Waals surface area contributed by atoms with Crippen LogP contribution >= 0.6 is 11.3 Å². The van der Waals surface area contributed by atoms with Crippen molar-refractivity contribution in [3.05, 3.63) is 40.3 Å². The summed E-state index contributed by atoms with van der Waals surface area (Å²) in [7, 11) is 1.74. The van der Waals surface area contributed by atoms with Crippen molar-refractivity contribution in [2.75, 3.05) is 17.7 Å². The molecule has 7 heteroatoms. The molecule has 2 aromatic rings. The first kappa shape index (κ1) is 15.5. The molecule has 0 aliphatic carbocycles. The van der Waals surface area contributed by atoms with Gasteiger partial charge in [0.1, 0.15) is 5.01 Å². The van der Waals surface area contributed by atoms with E-state index in [4.69, 9.17) is 0 Å². The average Bonchev–Trinajstić information content (AvgIpc) is 2.95. The van der Waals surface area contributed by atoms with Crippen molar-refractivity contribution < 1.29 is 9.59 Å². The standard InChI is InChI=1S/C16H18N4O2S/c1-20(10-15-17-7-8-23-15)16(22)18-12-5-6-13-11(9-12)3-2-4-14(21)19-13/h5-9H,2-4,10H2,1H3,(H,18,22)(H,19,21). The molecule has 0 fully saturated rings. The van der Waals surface area contributed by atoms with Gasteiger partial charge >= 0.3 is 6.03 Å². The summed E-state index contributed by atoms with van der Waals surface area (Å²) in [5.74, 6) is 0.0451. The lowest BCUT2D eigenvalue weighted by molar-refractivity contribution is -0.116. The highest BCUT2D eigenvalue weighted by atomic mass is 32.1. The number of thiazole rings is 1. The molecule has 0 spiro atoms. The summed E-state index contributed by atoms with van der Waals surface area (Å²) in [4.78, 5) is 29.6. The van der Waals surface area contributed by atoms with Gasteiger partial charge in [0.25, 0.3) is 0 Å². The molecule has 2 heterocycles. The van der Waals surface area contributed by atoms with E-state index in [0.717, 1.165) is 34.8 Å². The summed E-state index contributed by atoms with van der Waals surface area (Å²) in [6, 6.07) is 5.39. The summed E-state index contributed by atoms with van der Waals surface area (Å²) in [6.45, 7) is 0.477. The number of benzene rings is 1. The molecule has 0 radical (unpaired) electrons. The van der Waals surface area contributed by atoms with Crippen LogP contribution in [0.5, 0.6) is 0 Å². The normalized spacial score (nSPS) is 13.7. The lowest BCUT2D eigenvalue weighted by atomic mass is 10.1. The van der Waals surface area contributed by atoms with E-state index in [2.05, 4.69) is 15.6 Å². The molecule has 1 aliphatic rings. The Morgan fingerprint density at radius 1 is 1.43 bits per heavy atom. The number of fused-ring (bicyclic) bond motifs is 1. The molecule has 6 nitrogen and oxygen atoms in total. The highest BCUT2D eigenvalue weighted by Crippen LogP contribution is 2.25. The second kappa shape index (κ2) is 6.78.